The number of halogens is 1. The molecule has 2 aromatic carbocycles. The van der Waals surface area contributed by atoms with E-state index in [-0.39, 0.29) is 0 Å². The Balaban J connectivity index is 1.93. The first-order valence-corrected chi connectivity index (χ1v) is 9.02. The van der Waals surface area contributed by atoms with Crippen LogP contribution in [0.15, 0.2) is 63.3 Å². The Kier molecular flexibility index (Phi) is 4.24. The monoisotopic (exact) mass is 361 g/mol. The van der Waals surface area contributed by atoms with Crippen LogP contribution in [0.3, 0.4) is 0 Å². The third kappa shape index (κ3) is 2.97. The highest BCUT2D eigenvalue weighted by Crippen LogP contribution is 2.30. The van der Waals surface area contributed by atoms with E-state index < -0.39 is 0 Å². The van der Waals surface area contributed by atoms with Crippen molar-refractivity contribution in [2.45, 2.75) is 4.90 Å². The van der Waals surface area contributed by atoms with Gasteiger partial charge in [0.15, 0.2) is 0 Å². The van der Waals surface area contributed by atoms with Gasteiger partial charge < -0.3 is 0 Å². The Hall–Kier alpha value is -1.10. The number of hydrogen-bond acceptors (Lipinski definition) is 3. The highest BCUT2D eigenvalue weighted by Gasteiger charge is 2.07. The number of aromatic nitrogens is 1. The molecule has 100 valence electrons. The van der Waals surface area contributed by atoms with Crippen LogP contribution in [-0.2, 0) is 0 Å². The summed E-state index contributed by atoms with van der Waals surface area (Å²) in [5.41, 5.74) is 3.36. The maximum absolute atomic E-state index is 4.74. The summed E-state index contributed by atoms with van der Waals surface area (Å²) in [6, 6.07) is 16.8. The summed E-state index contributed by atoms with van der Waals surface area (Å²) in [6.45, 7) is 0. The lowest BCUT2D eigenvalue weighted by Gasteiger charge is -1.99. The average Bonchev–Trinajstić information content (AvgIpc) is 2.97. The van der Waals surface area contributed by atoms with E-state index in [1.54, 1.807) is 23.1 Å². The van der Waals surface area contributed by atoms with E-state index in [1.165, 1.54) is 10.5 Å². The first kappa shape index (κ1) is 13.9. The number of thiazole rings is 1. The van der Waals surface area contributed by atoms with Crippen LogP contribution < -0.4 is 0 Å². The molecule has 0 saturated carbocycles. The number of benzene rings is 2. The first-order valence-electron chi connectivity index (χ1n) is 6.12. The van der Waals surface area contributed by atoms with Crippen LogP contribution in [0.4, 0.5) is 0 Å². The molecule has 0 unspecified atom stereocenters. The van der Waals surface area contributed by atoms with Crippen LogP contribution in [-0.4, -0.2) is 11.2 Å². The molecule has 0 aliphatic carbocycles. The van der Waals surface area contributed by atoms with Crippen molar-refractivity contribution in [3.8, 4) is 21.8 Å². The van der Waals surface area contributed by atoms with Gasteiger partial charge in [-0.1, -0.05) is 40.2 Å². The number of thioether (sulfide) groups is 1. The van der Waals surface area contributed by atoms with Crippen LogP contribution in [0.25, 0.3) is 21.8 Å². The number of hydrogen-bond donors (Lipinski definition) is 0. The van der Waals surface area contributed by atoms with Crippen LogP contribution >= 0.6 is 39.0 Å². The quantitative estimate of drug-likeness (QED) is 0.533. The maximum Gasteiger partial charge on any atom is 0.124 e. The fraction of sp³-hybridized carbons (Fsp3) is 0.0625. The summed E-state index contributed by atoms with van der Waals surface area (Å²) >= 11 is 6.93. The molecule has 0 radical (unpaired) electrons. The van der Waals surface area contributed by atoms with Gasteiger partial charge in [0.05, 0.1) is 5.69 Å². The summed E-state index contributed by atoms with van der Waals surface area (Å²) in [6.07, 6.45) is 2.09. The Morgan fingerprint density at radius 1 is 1.05 bits per heavy atom. The molecule has 1 heterocycles. The molecule has 0 aliphatic heterocycles. The van der Waals surface area contributed by atoms with Gasteiger partial charge in [0, 0.05) is 25.9 Å². The Bertz CT molecular complexity index is 719. The van der Waals surface area contributed by atoms with Crippen LogP contribution in [0.2, 0.25) is 0 Å². The average molecular weight is 362 g/mol. The summed E-state index contributed by atoms with van der Waals surface area (Å²) < 4.78 is 1.08. The zero-order valence-corrected chi connectivity index (χ0v) is 14.1. The van der Waals surface area contributed by atoms with E-state index in [1.807, 2.05) is 12.1 Å². The van der Waals surface area contributed by atoms with Gasteiger partial charge in [0.25, 0.3) is 0 Å². The Morgan fingerprint density at radius 3 is 2.55 bits per heavy atom. The molecule has 0 fully saturated rings. The topological polar surface area (TPSA) is 12.9 Å². The first-order chi connectivity index (χ1) is 9.76. The highest BCUT2D eigenvalue weighted by atomic mass is 79.9. The molecule has 0 atom stereocenters. The molecule has 20 heavy (non-hydrogen) atoms. The second-order valence-corrected chi connectivity index (χ2v) is 6.93. The van der Waals surface area contributed by atoms with Gasteiger partial charge in [-0.3, -0.25) is 0 Å². The standard InChI is InChI=1S/C16H12BrNS2/c1-19-14-7-5-11(6-8-14)15-10-20-16(18-15)12-3-2-4-13(17)9-12/h2-10H,1H3. The van der Waals surface area contributed by atoms with Crippen molar-refractivity contribution in [3.63, 3.8) is 0 Å². The molecule has 0 spiro atoms. The van der Waals surface area contributed by atoms with Crippen molar-refractivity contribution >= 4 is 39.0 Å². The van der Waals surface area contributed by atoms with Crippen molar-refractivity contribution in [2.75, 3.05) is 6.26 Å². The van der Waals surface area contributed by atoms with Gasteiger partial charge in [0.1, 0.15) is 5.01 Å². The molecule has 0 saturated heterocycles. The van der Waals surface area contributed by atoms with E-state index in [9.17, 15) is 0 Å². The van der Waals surface area contributed by atoms with E-state index in [0.29, 0.717) is 0 Å². The molecule has 0 bridgehead atoms. The van der Waals surface area contributed by atoms with Gasteiger partial charge in [0.2, 0.25) is 0 Å². The minimum absolute atomic E-state index is 1.04. The molecule has 3 aromatic rings. The van der Waals surface area contributed by atoms with E-state index in [4.69, 9.17) is 4.98 Å². The third-order valence-electron chi connectivity index (χ3n) is 2.96. The predicted octanol–water partition coefficient (Wildman–Crippen LogP) is 5.96. The molecule has 4 heteroatoms. The molecular weight excluding hydrogens is 350 g/mol. The molecular formula is C16H12BrNS2. The largest absolute Gasteiger partial charge is 0.236 e. The van der Waals surface area contributed by atoms with Gasteiger partial charge in [-0.25, -0.2) is 4.98 Å². The molecule has 0 N–H and O–H groups in total. The summed E-state index contributed by atoms with van der Waals surface area (Å²) in [4.78, 5) is 6.01. The lowest BCUT2D eigenvalue weighted by Crippen LogP contribution is -1.80. The minimum atomic E-state index is 1.04. The lowest BCUT2D eigenvalue weighted by molar-refractivity contribution is 1.38. The molecule has 1 aromatic heterocycles. The third-order valence-corrected chi connectivity index (χ3v) is 5.09. The molecule has 3 rings (SSSR count). The van der Waals surface area contributed by atoms with E-state index >= 15 is 0 Å². The highest BCUT2D eigenvalue weighted by molar-refractivity contribution is 9.10. The van der Waals surface area contributed by atoms with Crippen molar-refractivity contribution in [1.82, 2.24) is 4.98 Å². The van der Waals surface area contributed by atoms with Crippen LogP contribution in [0, 0.1) is 0 Å². The SMILES string of the molecule is CSc1ccc(-c2csc(-c3cccc(Br)c3)n2)cc1. The normalized spacial score (nSPS) is 10.7. The van der Waals surface area contributed by atoms with E-state index in [0.717, 1.165) is 20.7 Å². The molecule has 0 amide bonds. The lowest BCUT2D eigenvalue weighted by atomic mass is 10.2. The summed E-state index contributed by atoms with van der Waals surface area (Å²) in [7, 11) is 0. The van der Waals surface area contributed by atoms with Gasteiger partial charge in [-0.15, -0.1) is 23.1 Å². The Labute approximate surface area is 135 Å². The van der Waals surface area contributed by atoms with E-state index in [2.05, 4.69) is 64.0 Å². The molecule has 1 nitrogen and oxygen atoms in total. The Morgan fingerprint density at radius 2 is 1.85 bits per heavy atom. The number of nitrogens with zero attached hydrogens (tertiary/aromatic N) is 1. The zero-order chi connectivity index (χ0) is 13.9. The van der Waals surface area contributed by atoms with Crippen molar-refractivity contribution < 1.29 is 0 Å². The maximum atomic E-state index is 4.74. The van der Waals surface area contributed by atoms with Crippen molar-refractivity contribution in [3.05, 3.63) is 58.4 Å². The minimum Gasteiger partial charge on any atom is -0.236 e. The van der Waals surface area contributed by atoms with Gasteiger partial charge in [-0.2, -0.15) is 0 Å². The fourth-order valence-corrected chi connectivity index (χ4v) is 3.56. The van der Waals surface area contributed by atoms with Crippen LogP contribution in [0.5, 0.6) is 0 Å². The fourth-order valence-electron chi connectivity index (χ4n) is 1.92. The van der Waals surface area contributed by atoms with Gasteiger partial charge in [-0.05, 0) is 30.5 Å². The molecule has 0 aliphatic rings. The smallest absolute Gasteiger partial charge is 0.124 e. The predicted molar refractivity (Wildman–Crippen MR) is 92.5 cm³/mol. The second-order valence-electron chi connectivity index (χ2n) is 4.28. The summed E-state index contributed by atoms with van der Waals surface area (Å²) in [5.74, 6) is 0. The number of rotatable bonds is 3. The zero-order valence-electron chi connectivity index (χ0n) is 10.8. The summed E-state index contributed by atoms with van der Waals surface area (Å²) in [5, 5.41) is 3.17. The van der Waals surface area contributed by atoms with Gasteiger partial charge >= 0.3 is 0 Å². The van der Waals surface area contributed by atoms with Crippen molar-refractivity contribution in [2.24, 2.45) is 0 Å². The van der Waals surface area contributed by atoms with Crippen molar-refractivity contribution in [1.29, 1.82) is 0 Å². The second kappa shape index (κ2) is 6.12. The van der Waals surface area contributed by atoms with Crippen LogP contribution in [0.1, 0.15) is 0 Å².